The molecular weight excluding hydrogens is 1670 g/mol. The van der Waals surface area contributed by atoms with Gasteiger partial charge in [-0.1, -0.05) is 228 Å². The maximum absolute atomic E-state index is 9.61. The highest BCUT2D eigenvalue weighted by molar-refractivity contribution is 6.15. The fourth-order valence-electron chi connectivity index (χ4n) is 21.4. The van der Waals surface area contributed by atoms with Crippen molar-refractivity contribution < 1.29 is 94.9 Å². The Morgan fingerprint density at radius 2 is 0.721 bits per heavy atom. The van der Waals surface area contributed by atoms with Gasteiger partial charge in [-0.2, -0.15) is 0 Å². The van der Waals surface area contributed by atoms with Crippen molar-refractivity contribution in [3.63, 3.8) is 0 Å². The van der Waals surface area contributed by atoms with Crippen LogP contribution in [0.3, 0.4) is 0 Å². The van der Waals surface area contributed by atoms with Crippen molar-refractivity contribution in [1.82, 2.24) is 19.9 Å². The number of furan rings is 4. The molecule has 136 heavy (non-hydrogen) atoms. The highest BCUT2D eigenvalue weighted by Gasteiger charge is 2.51. The summed E-state index contributed by atoms with van der Waals surface area (Å²) in [5, 5.41) is 5.19. The van der Waals surface area contributed by atoms with Gasteiger partial charge in [0.25, 0.3) is 0 Å². The molecule has 12 heterocycles. The molecule has 4 aliphatic rings. The first-order valence-electron chi connectivity index (χ1n) is 66.1. The van der Waals surface area contributed by atoms with Gasteiger partial charge in [-0.3, -0.25) is 0 Å². The molecule has 24 rings (SSSR count). The minimum atomic E-state index is -3.64. The lowest BCUT2D eigenvalue weighted by Gasteiger charge is -2.39. The Kier molecular flexibility index (Phi) is 12.7. The minimum absolute atomic E-state index is 0.00395. The zero-order valence-electron chi connectivity index (χ0n) is 120. The van der Waals surface area contributed by atoms with Crippen LogP contribution in [-0.4, -0.2) is 19.9 Å². The average molecular weight is 1830 g/mol. The lowest BCUT2D eigenvalue weighted by atomic mass is 9.64. The largest absolute Gasteiger partial charge is 0.437 e. The van der Waals surface area contributed by atoms with E-state index in [4.69, 9.17) is 88.3 Å². The van der Waals surface area contributed by atoms with Crippen molar-refractivity contribution in [3.8, 4) is 89.5 Å². The fraction of sp³-hybridized carbons (Fsp3) is 0.290. The van der Waals surface area contributed by atoms with E-state index in [1.54, 1.807) is 163 Å². The van der Waals surface area contributed by atoms with Crippen molar-refractivity contribution >= 4 is 88.3 Å². The van der Waals surface area contributed by atoms with Crippen LogP contribution in [0.4, 0.5) is 0 Å². The second-order valence-electron chi connectivity index (χ2n) is 36.5. The maximum Gasteiger partial charge on any atom is 0.227 e. The number of rotatable bonds is 12. The van der Waals surface area contributed by atoms with Crippen molar-refractivity contribution in [2.24, 2.45) is 51.8 Å². The first kappa shape index (κ1) is 52.3. The summed E-state index contributed by atoms with van der Waals surface area (Å²) in [7, 11) is 7.21. The Balaban J connectivity index is 0.000000135. The molecule has 5 atom stereocenters. The highest BCUT2D eigenvalue weighted by atomic mass is 16.4. The van der Waals surface area contributed by atoms with Gasteiger partial charge in [0.1, 0.15) is 28.2 Å². The molecule has 4 aliphatic carbocycles. The van der Waals surface area contributed by atoms with E-state index in [-0.39, 0.29) is 95.2 Å². The van der Waals surface area contributed by atoms with Gasteiger partial charge in [-0.05, 0) is 217 Å². The Labute approximate surface area is 859 Å². The fourth-order valence-corrected chi connectivity index (χ4v) is 21.4. The molecule has 12 heteroatoms. The number of hydrogen-bond donors (Lipinski definition) is 0. The summed E-state index contributed by atoms with van der Waals surface area (Å²) in [6, 6.07) is 59.9. The third-order valence-electron chi connectivity index (χ3n) is 27.7. The van der Waals surface area contributed by atoms with E-state index in [0.29, 0.717) is 99.7 Å². The van der Waals surface area contributed by atoms with Gasteiger partial charge in [0.15, 0.2) is 47.1 Å². The molecule has 0 bridgehead atoms. The Hall–Kier alpha value is -13.8. The molecule has 0 radical (unpaired) electrons. The highest BCUT2D eigenvalue weighted by Crippen LogP contribution is 2.61. The number of nitrogens with zero attached hydrogens (tertiary/aromatic N) is 8. The van der Waals surface area contributed by atoms with Crippen LogP contribution in [0.5, 0.6) is 0 Å². The molecule has 0 amide bonds. The van der Waals surface area contributed by atoms with Gasteiger partial charge in [0.2, 0.25) is 45.6 Å². The lowest BCUT2D eigenvalue weighted by molar-refractivity contribution is -0.660. The number of pyridine rings is 8. The quantitative estimate of drug-likeness (QED) is 0.111. The van der Waals surface area contributed by atoms with Crippen LogP contribution in [0.25, 0.3) is 178 Å². The van der Waals surface area contributed by atoms with Crippen molar-refractivity contribution in [3.05, 3.63) is 333 Å². The molecule has 0 N–H and O–H groups in total. The van der Waals surface area contributed by atoms with E-state index in [1.807, 2.05) is 69.8 Å². The normalized spacial score (nSPS) is 23.7. The van der Waals surface area contributed by atoms with Crippen LogP contribution in [0.1, 0.15) is 256 Å². The monoisotopic (exact) mass is 1830 g/mol. The van der Waals surface area contributed by atoms with E-state index in [2.05, 4.69) is 50.2 Å². The SMILES string of the molecule is [2H]C([2H])([2H])CC1(C([2H])([2H])C([2H])([2H])[2H])c2ccccc2-c2cc3c(nc21)oc1c(-c2cc(C([2H])([2H])[2H])cc[n+]2C)c(C)ccc13.[2H]C([2H])([2H])c1cc[n+](C)c(-c2c(C)ccc3c2oc2nc4c(cc23)-c2ccccc2C4(C([2H])(C)C([2H])([2H])[2H])C([2H])(C([2H])([2H])[2H])C([2H])([2H])[2H])c1.[2H]C([2H])([2H])c1cc[n+](C)c(-c2c(C)ccc3c2oc2nc4c(cc23)-c2ccccc2C4(C([2H])([2H])C([2H])(C)C([2H])([2H])[2H])C([2H])([2H])C([2H])(C)C([2H])([2H])[2H])c1.[2H]C([2H])([2H])c1cc[n+](C)c(-c2c(C)ccc3c2oc2ncc4c(c23)C(C)(C)c2ccccc2-4)c1. The number of hydrogen-bond acceptors (Lipinski definition) is 8. The van der Waals surface area contributed by atoms with Crippen LogP contribution in [0, 0.1) is 78.7 Å². The number of fused-ring (bicyclic) bond motifs is 25. The van der Waals surface area contributed by atoms with Gasteiger partial charge in [-0.25, -0.2) is 38.2 Å². The second-order valence-corrected chi connectivity index (χ2v) is 36.5. The molecule has 0 saturated carbocycles. The third-order valence-corrected chi connectivity index (χ3v) is 27.7. The summed E-state index contributed by atoms with van der Waals surface area (Å²) in [5.41, 5.74) is 8.84. The Morgan fingerprint density at radius 3 is 1.13 bits per heavy atom. The predicted molar refractivity (Wildman–Crippen MR) is 556 cm³/mol. The zero-order chi connectivity index (χ0) is 132. The van der Waals surface area contributed by atoms with Crippen molar-refractivity contribution in [2.75, 3.05) is 0 Å². The molecule has 12 nitrogen and oxygen atoms in total. The van der Waals surface area contributed by atoms with E-state index >= 15 is 0 Å². The number of benzene rings is 8. The van der Waals surface area contributed by atoms with E-state index < -0.39 is 146 Å². The summed E-state index contributed by atoms with van der Waals surface area (Å²) in [6.07, 6.45) is -2.10. The molecule has 0 saturated heterocycles. The zero-order valence-corrected chi connectivity index (χ0v) is 77.0. The van der Waals surface area contributed by atoms with E-state index in [0.717, 1.165) is 76.2 Å². The molecule has 680 valence electrons. The molecule has 0 aliphatic heterocycles. The first-order valence-corrected chi connectivity index (χ1v) is 44.6. The second kappa shape index (κ2) is 33.0. The molecule has 5 unspecified atom stereocenters. The molecule has 8 aromatic carbocycles. The lowest BCUT2D eigenvalue weighted by Crippen LogP contribution is -2.38. The van der Waals surface area contributed by atoms with Crippen LogP contribution >= 0.6 is 0 Å². The van der Waals surface area contributed by atoms with Gasteiger partial charge < -0.3 is 17.7 Å². The Bertz CT molecular complexity index is 10300. The average Bonchev–Trinajstić information content (AvgIpc) is 1.50. The molecule has 0 fully saturated rings. The smallest absolute Gasteiger partial charge is 0.227 e. The summed E-state index contributed by atoms with van der Waals surface area (Å²) < 4.78 is 397. The van der Waals surface area contributed by atoms with E-state index in [1.165, 1.54) is 65.2 Å². The third kappa shape index (κ3) is 13.5. The van der Waals surface area contributed by atoms with E-state index in [9.17, 15) is 8.22 Å². The van der Waals surface area contributed by atoms with Gasteiger partial charge in [-0.15, -0.1) is 0 Å². The molecule has 0 spiro atoms. The predicted octanol–water partition coefficient (Wildman–Crippen LogP) is 29.7. The summed E-state index contributed by atoms with van der Waals surface area (Å²) >= 11 is 0. The van der Waals surface area contributed by atoms with Crippen LogP contribution in [0.2, 0.25) is 0 Å². The van der Waals surface area contributed by atoms with Gasteiger partial charge in [0, 0.05) is 195 Å². The molecular formula is C124H124N8O4+4. The summed E-state index contributed by atoms with van der Waals surface area (Å²) in [4.78, 5) is 19.0. The van der Waals surface area contributed by atoms with Gasteiger partial charge in [0.05, 0.1) is 44.7 Å². The van der Waals surface area contributed by atoms with Crippen LogP contribution in [0.15, 0.2) is 261 Å². The van der Waals surface area contributed by atoms with Crippen molar-refractivity contribution in [2.45, 2.75) is 185 Å². The van der Waals surface area contributed by atoms with Gasteiger partial charge >= 0.3 is 0 Å². The van der Waals surface area contributed by atoms with Crippen LogP contribution in [-0.2, 0) is 49.9 Å². The summed E-state index contributed by atoms with van der Waals surface area (Å²) in [5.74, 6) is -12.7. The molecule has 12 aromatic heterocycles. The van der Waals surface area contributed by atoms with Crippen LogP contribution < -0.4 is 18.3 Å². The standard InChI is InChI=1S/C34H37N2O.C32H33N2O.C30H29N2O.C28H25N2O/c1-20(2)18-34(19-21(3)4)28-11-9-8-10-24(28)26-17-27-25-13-12-23(6)30(29-16-22(5)14-15-36(29)7)31(25)37-33(27)35-32(26)34;1-18(2)32(19(3)4)26-11-9-8-10-22(26)24-17-25-23-13-12-21(6)28(27-16-20(5)14-15-34(27)7)29(23)35-31(25)33-30(24)32;1-6-30(7-2)24-11-9-8-10-20(24)22-17-23-21-13-12-19(4)26(25-16-18(3)14-15-32(25)5)27(21)33-29(23)31-28(22)30;1-16-12-13-30(5)22(14-16)23-17(2)10-11-19-24-25-20(15-29-27(24)31-26(19)23)18-8-6-7-9-21(18)28(25,3)4/h8-17,20-21H,18-19H2,1-7H3;8-19H,1-7H3;8-17H,6-7H2,1-5H3;6-15H,1-5H3/q4*+1/i1D3,3D3,5D3,18D2,19D2,20D,21D;1D3,2D3,3D3,5D3,18D,19D;1D3,2D3,3D3,6D2;1D3. The Morgan fingerprint density at radius 1 is 0.360 bits per heavy atom. The molecule has 20 aromatic rings. The minimum Gasteiger partial charge on any atom is -0.437 e. The number of aryl methyl sites for hydroxylation is 12. The van der Waals surface area contributed by atoms with Crippen molar-refractivity contribution in [1.29, 1.82) is 0 Å². The first-order chi connectivity index (χ1) is 82.3. The summed E-state index contributed by atoms with van der Waals surface area (Å²) in [6.45, 7) is -17.9. The topological polar surface area (TPSA) is 120 Å². The number of aromatic nitrogens is 8. The maximum atomic E-state index is 9.61.